The van der Waals surface area contributed by atoms with Gasteiger partial charge in [-0.15, -0.1) is 24.8 Å². The zero-order chi connectivity index (χ0) is 11.1. The molecule has 93 valence electrons. The first kappa shape index (κ1) is 21.4. The molecule has 0 aliphatic heterocycles. The Morgan fingerprint density at radius 2 is 1.38 bits per heavy atom. The van der Waals surface area contributed by atoms with Crippen molar-refractivity contribution in [2.75, 3.05) is 0 Å². The van der Waals surface area contributed by atoms with Gasteiger partial charge in [0.15, 0.2) is 0 Å². The van der Waals surface area contributed by atoms with Crippen molar-refractivity contribution in [2.24, 2.45) is 0 Å². The van der Waals surface area contributed by atoms with Crippen molar-refractivity contribution in [1.29, 1.82) is 0 Å². The van der Waals surface area contributed by atoms with Gasteiger partial charge in [0, 0.05) is 0 Å². The van der Waals surface area contributed by atoms with Gasteiger partial charge in [0.25, 0.3) is 0 Å². The van der Waals surface area contributed by atoms with E-state index in [0.717, 1.165) is 14.9 Å². The van der Waals surface area contributed by atoms with Crippen LogP contribution in [0.15, 0.2) is 18.2 Å². The van der Waals surface area contributed by atoms with Crippen molar-refractivity contribution in [2.45, 2.75) is 27.7 Å². The first-order valence-corrected chi connectivity index (χ1v) is 5.77. The molecule has 0 atom stereocenters. The smallest absolute Gasteiger partial charge is 0.116 e. The van der Waals surface area contributed by atoms with Crippen LogP contribution in [-0.2, 0) is 19.2 Å². The number of halogens is 3. The number of hydrogen-bond acceptors (Lipinski definition) is 1. The Hall–Kier alpha value is 0.114. The molecule has 1 aromatic rings. The quantitative estimate of drug-likeness (QED) is 0.718. The zero-order valence-electron chi connectivity index (χ0n) is 9.87. The Balaban J connectivity index is -0.000000214. The number of phenolic OH excluding ortho intramolecular Hbond substituents is 1. The van der Waals surface area contributed by atoms with E-state index < -0.39 is 19.2 Å². The minimum absolute atomic E-state index is 0. The summed E-state index contributed by atoms with van der Waals surface area (Å²) in [6, 6.07) is 5.51. The topological polar surface area (TPSA) is 20.2 Å². The SMILES string of the molecule is C[C](C)=[Ti][F].Cc1cc(C)cc(O)c1.Cl.Cl. The third-order valence-electron chi connectivity index (χ3n) is 1.40. The Kier molecular flexibility index (Phi) is 15.5. The summed E-state index contributed by atoms with van der Waals surface area (Å²) in [6.45, 7) is 7.57. The van der Waals surface area contributed by atoms with Crippen LogP contribution in [0.5, 0.6) is 5.75 Å². The van der Waals surface area contributed by atoms with Gasteiger partial charge in [-0.25, -0.2) is 0 Å². The number of hydrogen-bond donors (Lipinski definition) is 1. The molecule has 0 aliphatic carbocycles. The molecule has 0 saturated heterocycles. The fourth-order valence-corrected chi connectivity index (χ4v) is 0.951. The summed E-state index contributed by atoms with van der Waals surface area (Å²) in [6.07, 6.45) is 0. The van der Waals surface area contributed by atoms with Gasteiger partial charge < -0.3 is 5.11 Å². The molecule has 0 fully saturated rings. The predicted molar refractivity (Wildman–Crippen MR) is 69.5 cm³/mol. The average molecular weight is 304 g/mol. The molecule has 5 heteroatoms. The van der Waals surface area contributed by atoms with Crippen LogP contribution in [0.1, 0.15) is 25.0 Å². The molecule has 0 aliphatic rings. The van der Waals surface area contributed by atoms with E-state index in [4.69, 9.17) is 5.11 Å². The van der Waals surface area contributed by atoms with E-state index in [2.05, 4.69) is 0 Å². The molecule has 0 radical (unpaired) electrons. The van der Waals surface area contributed by atoms with E-state index >= 15 is 0 Å². The minimum atomic E-state index is -1.14. The van der Waals surface area contributed by atoms with Gasteiger partial charge in [-0.05, 0) is 37.1 Å². The van der Waals surface area contributed by atoms with E-state index in [-0.39, 0.29) is 24.8 Å². The van der Waals surface area contributed by atoms with E-state index in [9.17, 15) is 3.09 Å². The molecule has 0 saturated carbocycles. The van der Waals surface area contributed by atoms with Crippen LogP contribution < -0.4 is 0 Å². The minimum Gasteiger partial charge on any atom is -0.508 e. The first-order valence-electron chi connectivity index (χ1n) is 4.39. The normalized spacial score (nSPS) is 7.31. The fourth-order valence-electron chi connectivity index (χ4n) is 0.951. The Labute approximate surface area is 118 Å². The molecule has 16 heavy (non-hydrogen) atoms. The second kappa shape index (κ2) is 11.6. The van der Waals surface area contributed by atoms with E-state index in [1.54, 1.807) is 12.1 Å². The molecule has 1 rings (SSSR count). The van der Waals surface area contributed by atoms with Crippen LogP contribution in [0.3, 0.4) is 0 Å². The van der Waals surface area contributed by atoms with Crippen molar-refractivity contribution in [1.82, 2.24) is 0 Å². The van der Waals surface area contributed by atoms with E-state index in [1.165, 1.54) is 0 Å². The number of phenols is 1. The Morgan fingerprint density at radius 3 is 1.56 bits per heavy atom. The molecular weight excluding hydrogens is 286 g/mol. The molecule has 1 aromatic carbocycles. The van der Waals surface area contributed by atoms with Gasteiger partial charge in [0.1, 0.15) is 5.75 Å². The monoisotopic (exact) mass is 303 g/mol. The molecular formula is C11H18Cl2FOTi. The predicted octanol–water partition coefficient (Wildman–Crippen LogP) is 4.02. The number of aromatic hydroxyl groups is 1. The molecule has 1 N–H and O–H groups in total. The van der Waals surface area contributed by atoms with Gasteiger partial charge in [-0.2, -0.15) is 0 Å². The van der Waals surface area contributed by atoms with Gasteiger partial charge >= 0.3 is 40.0 Å². The number of rotatable bonds is 0. The van der Waals surface area contributed by atoms with Gasteiger partial charge in [-0.1, -0.05) is 6.07 Å². The Morgan fingerprint density at radius 1 is 1.06 bits per heavy atom. The van der Waals surface area contributed by atoms with Crippen molar-refractivity contribution >= 4 is 28.6 Å². The van der Waals surface area contributed by atoms with E-state index in [1.807, 2.05) is 33.8 Å². The number of benzene rings is 1. The molecule has 0 unspecified atom stereocenters. The number of aryl methyl sites for hydroxylation is 2. The first-order chi connectivity index (χ1) is 6.45. The summed E-state index contributed by atoms with van der Waals surface area (Å²) in [5.74, 6) is 0.354. The van der Waals surface area contributed by atoms with Crippen molar-refractivity contribution in [3.63, 3.8) is 0 Å². The second-order valence-corrected chi connectivity index (χ2v) is 5.30. The van der Waals surface area contributed by atoms with Crippen LogP contribution in [0.2, 0.25) is 0 Å². The summed E-state index contributed by atoms with van der Waals surface area (Å²) < 4.78 is 12.2. The molecule has 0 bridgehead atoms. The maximum atomic E-state index is 11.2. The third kappa shape index (κ3) is 12.2. The molecule has 0 spiro atoms. The van der Waals surface area contributed by atoms with Gasteiger partial charge in [0.2, 0.25) is 0 Å². The summed E-state index contributed by atoms with van der Waals surface area (Å²) in [4.78, 5) is 0. The maximum absolute atomic E-state index is 11.2. The summed E-state index contributed by atoms with van der Waals surface area (Å²) in [7, 11) is 0. The molecule has 1 nitrogen and oxygen atoms in total. The van der Waals surface area contributed by atoms with Gasteiger partial charge in [0.05, 0.1) is 0 Å². The third-order valence-corrected chi connectivity index (χ3v) is 1.99. The van der Waals surface area contributed by atoms with Crippen molar-refractivity contribution in [3.8, 4) is 5.75 Å². The summed E-state index contributed by atoms with van der Waals surface area (Å²) >= 11 is -1.14. The standard InChI is InChI=1S/C8H10O.C3H6.2ClH.FH.Ti/c1-6-3-7(2)5-8(9)4-6;1-3-2;;;;/h3-5,9H,1-2H3;1-2H3;3*1H;/q;;;;;+1/p-1. The van der Waals surface area contributed by atoms with Crippen molar-refractivity contribution < 1.29 is 27.4 Å². The van der Waals surface area contributed by atoms with E-state index in [0.29, 0.717) is 5.75 Å². The maximum Gasteiger partial charge on any atom is 0.116 e. The van der Waals surface area contributed by atoms with Crippen molar-refractivity contribution in [3.05, 3.63) is 29.3 Å². The average Bonchev–Trinajstić information content (AvgIpc) is 2.02. The van der Waals surface area contributed by atoms with Crippen LogP contribution >= 0.6 is 24.8 Å². The van der Waals surface area contributed by atoms with Gasteiger partial charge in [-0.3, -0.25) is 0 Å². The fraction of sp³-hybridized carbons (Fsp3) is 0.364. The molecule has 0 amide bonds. The summed E-state index contributed by atoms with van der Waals surface area (Å²) in [5, 5.41) is 8.99. The molecule has 0 heterocycles. The van der Waals surface area contributed by atoms with Crippen LogP contribution in [-0.4, -0.2) is 8.92 Å². The molecule has 0 aromatic heterocycles. The summed E-state index contributed by atoms with van der Waals surface area (Å²) in [5.41, 5.74) is 2.21. The van der Waals surface area contributed by atoms with Crippen LogP contribution in [0.25, 0.3) is 0 Å². The largest absolute Gasteiger partial charge is 0.508 e. The Bertz CT molecular complexity index is 275. The van der Waals surface area contributed by atoms with Crippen LogP contribution in [0.4, 0.5) is 3.09 Å². The second-order valence-electron chi connectivity index (χ2n) is 3.44. The zero-order valence-corrected chi connectivity index (χ0v) is 13.1. The van der Waals surface area contributed by atoms with Crippen LogP contribution in [0, 0.1) is 13.8 Å².